The second kappa shape index (κ2) is 8.49. The number of ketones is 1. The Labute approximate surface area is 158 Å². The van der Waals surface area contributed by atoms with Gasteiger partial charge in [0.1, 0.15) is 0 Å². The van der Waals surface area contributed by atoms with Crippen molar-refractivity contribution >= 4 is 23.3 Å². The van der Waals surface area contributed by atoms with E-state index < -0.39 is 11.7 Å². The van der Waals surface area contributed by atoms with Crippen molar-refractivity contribution in [2.45, 2.75) is 6.92 Å². The van der Waals surface area contributed by atoms with E-state index in [0.29, 0.717) is 18.7 Å². The molecule has 140 valence electrons. The molecule has 1 heterocycles. The standard InChI is InChI=1S/C21H23N3O3/c1-16-7-5-6-10-18(16)20(26)21(27)22-15-19(25)24-13-11-23(12-14-24)17-8-3-2-4-9-17/h2-10H,11-15H2,1H3,(H,22,27). The van der Waals surface area contributed by atoms with E-state index in [0.717, 1.165) is 24.3 Å². The SMILES string of the molecule is Cc1ccccc1C(=O)C(=O)NCC(=O)N1CCN(c2ccccc2)CC1. The van der Waals surface area contributed by atoms with Gasteiger partial charge in [0.25, 0.3) is 5.91 Å². The molecule has 0 saturated carbocycles. The Morgan fingerprint density at radius 3 is 2.19 bits per heavy atom. The molecule has 27 heavy (non-hydrogen) atoms. The minimum absolute atomic E-state index is 0.165. The van der Waals surface area contributed by atoms with E-state index in [1.807, 2.05) is 24.3 Å². The summed E-state index contributed by atoms with van der Waals surface area (Å²) in [6.45, 7) is 4.28. The van der Waals surface area contributed by atoms with Crippen LogP contribution in [0.15, 0.2) is 54.6 Å². The molecule has 1 saturated heterocycles. The molecule has 6 heteroatoms. The first-order valence-corrected chi connectivity index (χ1v) is 9.02. The first-order valence-electron chi connectivity index (χ1n) is 9.02. The number of piperazine rings is 1. The molecular weight excluding hydrogens is 342 g/mol. The largest absolute Gasteiger partial charge is 0.368 e. The number of nitrogens with zero attached hydrogens (tertiary/aromatic N) is 2. The lowest BCUT2D eigenvalue weighted by molar-refractivity contribution is -0.132. The monoisotopic (exact) mass is 365 g/mol. The molecular formula is C21H23N3O3. The fourth-order valence-corrected chi connectivity index (χ4v) is 3.15. The van der Waals surface area contributed by atoms with Gasteiger partial charge in [0.05, 0.1) is 6.54 Å². The van der Waals surface area contributed by atoms with Gasteiger partial charge in [0.2, 0.25) is 11.7 Å². The quantitative estimate of drug-likeness (QED) is 0.646. The zero-order chi connectivity index (χ0) is 19.2. The molecule has 0 radical (unpaired) electrons. The first kappa shape index (κ1) is 18.6. The van der Waals surface area contributed by atoms with Gasteiger partial charge >= 0.3 is 0 Å². The minimum Gasteiger partial charge on any atom is -0.368 e. The summed E-state index contributed by atoms with van der Waals surface area (Å²) in [5, 5.41) is 2.45. The number of hydrogen-bond donors (Lipinski definition) is 1. The third-order valence-electron chi connectivity index (χ3n) is 4.75. The van der Waals surface area contributed by atoms with Crippen LogP contribution in [0.1, 0.15) is 15.9 Å². The molecule has 0 atom stereocenters. The van der Waals surface area contributed by atoms with Crippen LogP contribution in [-0.2, 0) is 9.59 Å². The van der Waals surface area contributed by atoms with Crippen LogP contribution >= 0.6 is 0 Å². The molecule has 3 rings (SSSR count). The Bertz CT molecular complexity index is 828. The molecule has 0 spiro atoms. The first-order chi connectivity index (χ1) is 13.1. The van der Waals surface area contributed by atoms with Gasteiger partial charge in [-0.25, -0.2) is 0 Å². The molecule has 1 fully saturated rings. The smallest absolute Gasteiger partial charge is 0.292 e. The van der Waals surface area contributed by atoms with Crippen LogP contribution < -0.4 is 10.2 Å². The fraction of sp³-hybridized carbons (Fsp3) is 0.286. The number of benzene rings is 2. The van der Waals surface area contributed by atoms with E-state index in [-0.39, 0.29) is 12.5 Å². The van der Waals surface area contributed by atoms with Crippen molar-refractivity contribution in [1.29, 1.82) is 0 Å². The number of anilines is 1. The number of Topliss-reactive ketones (excluding diaryl/α,β-unsaturated/α-hetero) is 1. The van der Waals surface area contributed by atoms with E-state index >= 15 is 0 Å². The Hall–Kier alpha value is -3.15. The summed E-state index contributed by atoms with van der Waals surface area (Å²) in [6.07, 6.45) is 0. The number of carbonyl (C=O) groups is 3. The fourth-order valence-electron chi connectivity index (χ4n) is 3.15. The molecule has 1 aliphatic heterocycles. The lowest BCUT2D eigenvalue weighted by atomic mass is 10.0. The van der Waals surface area contributed by atoms with Crippen molar-refractivity contribution in [2.24, 2.45) is 0 Å². The van der Waals surface area contributed by atoms with E-state index in [9.17, 15) is 14.4 Å². The summed E-state index contributed by atoms with van der Waals surface area (Å²) >= 11 is 0. The topological polar surface area (TPSA) is 69.7 Å². The van der Waals surface area contributed by atoms with Crippen molar-refractivity contribution in [1.82, 2.24) is 10.2 Å². The summed E-state index contributed by atoms with van der Waals surface area (Å²) in [5.74, 6) is -1.54. The van der Waals surface area contributed by atoms with Gasteiger partial charge < -0.3 is 15.1 Å². The Balaban J connectivity index is 1.48. The maximum Gasteiger partial charge on any atom is 0.292 e. The van der Waals surface area contributed by atoms with Gasteiger partial charge in [-0.3, -0.25) is 14.4 Å². The highest BCUT2D eigenvalue weighted by Gasteiger charge is 2.23. The van der Waals surface area contributed by atoms with E-state index in [1.54, 1.807) is 30.0 Å². The second-order valence-electron chi connectivity index (χ2n) is 6.53. The predicted octanol–water partition coefficient (Wildman–Crippen LogP) is 1.64. The Morgan fingerprint density at radius 2 is 1.52 bits per heavy atom. The highest BCUT2D eigenvalue weighted by Crippen LogP contribution is 2.15. The average Bonchev–Trinajstić information content (AvgIpc) is 2.72. The summed E-state index contributed by atoms with van der Waals surface area (Å²) in [7, 11) is 0. The highest BCUT2D eigenvalue weighted by atomic mass is 16.2. The predicted molar refractivity (Wildman–Crippen MR) is 104 cm³/mol. The van der Waals surface area contributed by atoms with Crippen molar-refractivity contribution in [3.8, 4) is 0 Å². The van der Waals surface area contributed by atoms with Gasteiger partial charge in [-0.1, -0.05) is 42.5 Å². The molecule has 2 aromatic rings. The van der Waals surface area contributed by atoms with Gasteiger partial charge in [-0.05, 0) is 24.6 Å². The summed E-state index contributed by atoms with van der Waals surface area (Å²) in [6, 6.07) is 17.0. The molecule has 0 aliphatic carbocycles. The molecule has 1 N–H and O–H groups in total. The highest BCUT2D eigenvalue weighted by molar-refractivity contribution is 6.43. The minimum atomic E-state index is -0.749. The zero-order valence-electron chi connectivity index (χ0n) is 15.4. The molecule has 2 amide bonds. The lowest BCUT2D eigenvalue weighted by Gasteiger charge is -2.36. The molecule has 6 nitrogen and oxygen atoms in total. The number of rotatable bonds is 5. The van der Waals surface area contributed by atoms with Crippen LogP contribution in [0.2, 0.25) is 0 Å². The number of amides is 2. The van der Waals surface area contributed by atoms with Crippen LogP contribution in [0.3, 0.4) is 0 Å². The lowest BCUT2D eigenvalue weighted by Crippen LogP contribution is -2.51. The van der Waals surface area contributed by atoms with Crippen molar-refractivity contribution in [2.75, 3.05) is 37.6 Å². The van der Waals surface area contributed by atoms with Gasteiger partial charge in [0, 0.05) is 37.4 Å². The normalized spacial score (nSPS) is 14.0. The average molecular weight is 365 g/mol. The Kier molecular flexibility index (Phi) is 5.86. The third kappa shape index (κ3) is 4.53. The zero-order valence-corrected chi connectivity index (χ0v) is 15.4. The van der Waals surface area contributed by atoms with Crippen molar-refractivity contribution < 1.29 is 14.4 Å². The molecule has 2 aromatic carbocycles. The third-order valence-corrected chi connectivity index (χ3v) is 4.75. The van der Waals surface area contributed by atoms with E-state index in [1.165, 1.54) is 0 Å². The van der Waals surface area contributed by atoms with Crippen LogP contribution in [0.5, 0.6) is 0 Å². The Morgan fingerprint density at radius 1 is 0.889 bits per heavy atom. The number of hydrogen-bond acceptors (Lipinski definition) is 4. The van der Waals surface area contributed by atoms with Crippen molar-refractivity contribution in [3.05, 3.63) is 65.7 Å². The number of para-hydroxylation sites is 1. The van der Waals surface area contributed by atoms with Crippen LogP contribution in [0, 0.1) is 6.92 Å². The molecule has 0 aromatic heterocycles. The van der Waals surface area contributed by atoms with E-state index in [4.69, 9.17) is 0 Å². The van der Waals surface area contributed by atoms with Crippen LogP contribution in [0.4, 0.5) is 5.69 Å². The summed E-state index contributed by atoms with van der Waals surface area (Å²) in [4.78, 5) is 40.6. The molecule has 0 bridgehead atoms. The number of nitrogens with one attached hydrogen (secondary N) is 1. The maximum atomic E-state index is 12.4. The van der Waals surface area contributed by atoms with Gasteiger partial charge in [-0.2, -0.15) is 0 Å². The van der Waals surface area contributed by atoms with Crippen molar-refractivity contribution in [3.63, 3.8) is 0 Å². The summed E-state index contributed by atoms with van der Waals surface area (Å²) in [5.41, 5.74) is 2.24. The number of aryl methyl sites for hydroxylation is 1. The summed E-state index contributed by atoms with van der Waals surface area (Å²) < 4.78 is 0. The van der Waals surface area contributed by atoms with Gasteiger partial charge in [-0.15, -0.1) is 0 Å². The number of carbonyl (C=O) groups excluding carboxylic acids is 3. The van der Waals surface area contributed by atoms with Gasteiger partial charge in [0.15, 0.2) is 0 Å². The maximum absolute atomic E-state index is 12.4. The van der Waals surface area contributed by atoms with Crippen LogP contribution in [0.25, 0.3) is 0 Å². The van der Waals surface area contributed by atoms with E-state index in [2.05, 4.69) is 22.3 Å². The molecule has 1 aliphatic rings. The van der Waals surface area contributed by atoms with Crippen LogP contribution in [-0.4, -0.2) is 55.2 Å². The second-order valence-corrected chi connectivity index (χ2v) is 6.53. The molecule has 0 unspecified atom stereocenters.